The summed E-state index contributed by atoms with van der Waals surface area (Å²) in [5.74, 6) is -0.0241. The zero-order valence-electron chi connectivity index (χ0n) is 27.1. The van der Waals surface area contributed by atoms with Crippen LogP contribution in [0.5, 0.6) is 11.8 Å². The number of benzene rings is 2. The van der Waals surface area contributed by atoms with E-state index in [0.29, 0.717) is 23.3 Å². The molecule has 2 aromatic heterocycles. The van der Waals surface area contributed by atoms with Gasteiger partial charge in [0, 0.05) is 11.8 Å². The number of fused-ring (bicyclic) bond motifs is 2. The van der Waals surface area contributed by atoms with Crippen LogP contribution in [0, 0.1) is 5.92 Å². The lowest BCUT2D eigenvalue weighted by atomic mass is 10.1. The number of hydrogen-bond donors (Lipinski definition) is 3. The fourth-order valence-corrected chi connectivity index (χ4v) is 7.00. The number of aromatic nitrogens is 4. The molecule has 1 saturated heterocycles. The third kappa shape index (κ3) is 8.38. The highest BCUT2D eigenvalue weighted by Gasteiger charge is 2.40. The molecule has 47 heavy (non-hydrogen) atoms. The second kappa shape index (κ2) is 15.4. The number of carbonyl (C=O) groups excluding carboxylic acids is 1. The maximum atomic E-state index is 14.6. The van der Waals surface area contributed by atoms with Gasteiger partial charge in [0.25, 0.3) is 0 Å². The Morgan fingerprint density at radius 3 is 2.74 bits per heavy atom. The van der Waals surface area contributed by atoms with E-state index in [4.69, 9.17) is 29.0 Å². The van der Waals surface area contributed by atoms with E-state index in [-0.39, 0.29) is 37.4 Å². The quantitative estimate of drug-likeness (QED) is 0.0808. The lowest BCUT2D eigenvalue weighted by Gasteiger charge is -2.27. The first kappa shape index (κ1) is 34.5. The van der Waals surface area contributed by atoms with Crippen LogP contribution in [0.4, 0.5) is 5.82 Å². The molecule has 0 amide bonds. The standard InChI is InChI=1S/C32H43N6O8P/c1-5-6-9-15-43-31(40)24(16-20(2)3)37-47(41,46-26-14-10-12-21-11-7-8-13-23(21)26)44-18-22-17-25(39)30(45-22)38-19-34-27-28(33)35-32(42-4)36-29(27)38/h7-8,10-14,19-20,22,24-25,30,39H,5-6,9,15-18H2,1-4H3,(H,37,41)(H2,33,35,36)/t22-,24-,25-,30?,47?/m0/s1. The van der Waals surface area contributed by atoms with Crippen LogP contribution in [0.15, 0.2) is 48.8 Å². The maximum Gasteiger partial charge on any atom is 0.459 e. The molecule has 0 aliphatic carbocycles. The third-order valence-electron chi connectivity index (χ3n) is 7.75. The van der Waals surface area contributed by atoms with E-state index in [1.165, 1.54) is 18.0 Å². The first-order chi connectivity index (χ1) is 22.6. The number of rotatable bonds is 16. The van der Waals surface area contributed by atoms with Crippen molar-refractivity contribution in [3.05, 3.63) is 48.8 Å². The minimum absolute atomic E-state index is 0.0431. The highest BCUT2D eigenvalue weighted by molar-refractivity contribution is 7.52. The number of imidazole rings is 1. The molecular weight excluding hydrogens is 627 g/mol. The Morgan fingerprint density at radius 1 is 1.19 bits per heavy atom. The van der Waals surface area contributed by atoms with Crippen molar-refractivity contribution in [2.75, 3.05) is 26.1 Å². The van der Waals surface area contributed by atoms with Crippen molar-refractivity contribution < 1.29 is 37.7 Å². The number of hydrogen-bond acceptors (Lipinski definition) is 12. The summed E-state index contributed by atoms with van der Waals surface area (Å²) in [7, 11) is -2.83. The average Bonchev–Trinajstić information content (AvgIpc) is 3.64. The lowest BCUT2D eigenvalue weighted by molar-refractivity contribution is -0.146. The van der Waals surface area contributed by atoms with Crippen molar-refractivity contribution in [3.63, 3.8) is 0 Å². The number of nitrogens with one attached hydrogen (secondary N) is 1. The summed E-state index contributed by atoms with van der Waals surface area (Å²) >= 11 is 0. The summed E-state index contributed by atoms with van der Waals surface area (Å²) in [4.78, 5) is 25.9. The molecule has 0 bridgehead atoms. The predicted octanol–water partition coefficient (Wildman–Crippen LogP) is 5.16. The maximum absolute atomic E-state index is 14.6. The van der Waals surface area contributed by atoms with Crippen LogP contribution in [0.2, 0.25) is 0 Å². The smallest absolute Gasteiger partial charge is 0.459 e. The van der Waals surface area contributed by atoms with Crippen molar-refractivity contribution >= 4 is 41.5 Å². The number of aliphatic hydroxyl groups excluding tert-OH is 1. The molecule has 1 aliphatic heterocycles. The normalized spacial score (nSPS) is 20.0. The average molecular weight is 671 g/mol. The topological polar surface area (TPSA) is 182 Å². The van der Waals surface area contributed by atoms with Gasteiger partial charge < -0.3 is 29.6 Å². The van der Waals surface area contributed by atoms with Crippen LogP contribution in [-0.2, 0) is 23.4 Å². The van der Waals surface area contributed by atoms with Crippen LogP contribution >= 0.6 is 7.75 Å². The number of esters is 1. The SMILES string of the molecule is CCCCCOC(=O)[C@H](CC(C)C)NP(=O)(OC[C@@H]1C[C@H](O)C(n2cnc3c(N)nc(OC)nc32)O1)Oc1cccc2ccccc12. The molecule has 1 aliphatic rings. The number of ether oxygens (including phenoxy) is 3. The molecule has 5 atom stereocenters. The van der Waals surface area contributed by atoms with E-state index < -0.39 is 38.2 Å². The number of methoxy groups -OCH3 is 1. The van der Waals surface area contributed by atoms with Crippen LogP contribution in [0.1, 0.15) is 59.1 Å². The Balaban J connectivity index is 1.37. The largest absolute Gasteiger partial charge is 0.467 e. The number of nitrogens with two attached hydrogens (primary N) is 1. The molecule has 254 valence electrons. The van der Waals surface area contributed by atoms with Gasteiger partial charge in [-0.25, -0.2) is 9.55 Å². The van der Waals surface area contributed by atoms with E-state index >= 15 is 0 Å². The lowest BCUT2D eigenvalue weighted by Crippen LogP contribution is -2.39. The Kier molecular flexibility index (Phi) is 11.3. The van der Waals surface area contributed by atoms with E-state index in [1.807, 2.05) is 44.2 Å². The van der Waals surface area contributed by atoms with Crippen molar-refractivity contribution in [3.8, 4) is 11.8 Å². The monoisotopic (exact) mass is 670 g/mol. The van der Waals surface area contributed by atoms with Gasteiger partial charge in [0.05, 0.1) is 32.8 Å². The summed E-state index contributed by atoms with van der Waals surface area (Å²) in [5, 5.41) is 15.5. The van der Waals surface area contributed by atoms with Gasteiger partial charge in [-0.2, -0.15) is 15.1 Å². The minimum atomic E-state index is -4.25. The van der Waals surface area contributed by atoms with Gasteiger partial charge >= 0.3 is 19.7 Å². The molecule has 0 radical (unpaired) electrons. The van der Waals surface area contributed by atoms with E-state index in [1.54, 1.807) is 12.1 Å². The molecule has 0 spiro atoms. The van der Waals surface area contributed by atoms with Gasteiger partial charge in [0.15, 0.2) is 23.2 Å². The van der Waals surface area contributed by atoms with Gasteiger partial charge in [0.1, 0.15) is 17.9 Å². The summed E-state index contributed by atoms with van der Waals surface area (Å²) in [6, 6.07) is 12.0. The highest BCUT2D eigenvalue weighted by atomic mass is 31.2. The molecule has 3 heterocycles. The fourth-order valence-electron chi connectivity index (χ4n) is 5.45. The summed E-state index contributed by atoms with van der Waals surface area (Å²) in [6.45, 7) is 6.02. The first-order valence-corrected chi connectivity index (χ1v) is 17.4. The number of anilines is 1. The zero-order valence-corrected chi connectivity index (χ0v) is 28.0. The van der Waals surface area contributed by atoms with Crippen LogP contribution in [-0.4, -0.2) is 69.2 Å². The highest BCUT2D eigenvalue weighted by Crippen LogP contribution is 2.48. The number of carbonyl (C=O) groups is 1. The Morgan fingerprint density at radius 2 is 1.98 bits per heavy atom. The van der Waals surface area contributed by atoms with E-state index in [2.05, 4.69) is 27.0 Å². The van der Waals surface area contributed by atoms with Crippen molar-refractivity contribution in [1.82, 2.24) is 24.6 Å². The number of nitrogen functional groups attached to an aromatic ring is 1. The van der Waals surface area contributed by atoms with Gasteiger partial charge in [-0.15, -0.1) is 0 Å². The van der Waals surface area contributed by atoms with Crippen molar-refractivity contribution in [2.24, 2.45) is 5.92 Å². The molecule has 14 nitrogen and oxygen atoms in total. The Hall–Kier alpha value is -3.81. The molecule has 1 fully saturated rings. The summed E-state index contributed by atoms with van der Waals surface area (Å²) in [6.07, 6.45) is 1.99. The first-order valence-electron chi connectivity index (χ1n) is 15.8. The zero-order chi connectivity index (χ0) is 33.6. The molecule has 15 heteroatoms. The predicted molar refractivity (Wildman–Crippen MR) is 176 cm³/mol. The minimum Gasteiger partial charge on any atom is -0.467 e. The van der Waals surface area contributed by atoms with Crippen LogP contribution in [0.25, 0.3) is 21.9 Å². The molecule has 4 N–H and O–H groups in total. The molecule has 5 rings (SSSR count). The molecule has 4 aromatic rings. The van der Waals surface area contributed by atoms with E-state index in [9.17, 15) is 14.5 Å². The Labute approximate surface area is 273 Å². The number of nitrogens with zero attached hydrogens (tertiary/aromatic N) is 4. The van der Waals surface area contributed by atoms with Crippen molar-refractivity contribution in [2.45, 2.75) is 77.4 Å². The number of aliphatic hydroxyl groups is 1. The van der Waals surface area contributed by atoms with E-state index in [0.717, 1.165) is 30.0 Å². The molecule has 2 aromatic carbocycles. The van der Waals surface area contributed by atoms with Gasteiger partial charge in [0.2, 0.25) is 0 Å². The molecular formula is C32H43N6O8P. The third-order valence-corrected chi connectivity index (χ3v) is 9.30. The van der Waals surface area contributed by atoms with Gasteiger partial charge in [-0.3, -0.25) is 13.9 Å². The fraction of sp³-hybridized carbons (Fsp3) is 0.500. The van der Waals surface area contributed by atoms with Crippen molar-refractivity contribution in [1.29, 1.82) is 0 Å². The van der Waals surface area contributed by atoms with Gasteiger partial charge in [-0.05, 0) is 30.2 Å². The van der Waals surface area contributed by atoms with Crippen LogP contribution < -0.4 is 20.1 Å². The summed E-state index contributed by atoms with van der Waals surface area (Å²) in [5.41, 5.74) is 6.67. The van der Waals surface area contributed by atoms with Crippen LogP contribution in [0.3, 0.4) is 0 Å². The molecule has 2 unspecified atom stereocenters. The second-order valence-corrected chi connectivity index (χ2v) is 13.6. The second-order valence-electron chi connectivity index (χ2n) is 11.9. The number of unbranched alkanes of at least 4 members (excludes halogenated alkanes) is 2. The summed E-state index contributed by atoms with van der Waals surface area (Å²) < 4.78 is 45.1. The Bertz CT molecular complexity index is 1710. The molecule has 0 saturated carbocycles. The van der Waals surface area contributed by atoms with Gasteiger partial charge in [-0.1, -0.05) is 70.0 Å².